The summed E-state index contributed by atoms with van der Waals surface area (Å²) >= 11 is 0. The molecule has 0 fully saturated rings. The number of nitrogens with zero attached hydrogens (tertiary/aromatic N) is 1. The Kier molecular flexibility index (Phi) is 8.88. The Bertz CT molecular complexity index is 1460. The zero-order chi connectivity index (χ0) is 28.8. The first-order valence-corrected chi connectivity index (χ1v) is 13.0. The van der Waals surface area contributed by atoms with Gasteiger partial charge in [-0.1, -0.05) is 12.1 Å². The smallest absolute Gasteiger partial charge is 0.242 e. The SMILES string of the molecule is COc1cc2c(c(OC)c1OC)-c1ccc(NC(C)C(=O)NCc3ccccn3)c(=O)cc1C(NC(C)=O)CC2. The molecule has 1 heterocycles. The second-order valence-corrected chi connectivity index (χ2v) is 9.50. The van der Waals surface area contributed by atoms with Crippen molar-refractivity contribution in [3.8, 4) is 28.4 Å². The molecule has 10 heteroatoms. The zero-order valence-electron chi connectivity index (χ0n) is 23.3. The lowest BCUT2D eigenvalue weighted by molar-refractivity contribution is -0.122. The number of anilines is 1. The molecule has 1 aromatic heterocycles. The minimum Gasteiger partial charge on any atom is -0.493 e. The van der Waals surface area contributed by atoms with Crippen molar-refractivity contribution in [3.63, 3.8) is 0 Å². The van der Waals surface area contributed by atoms with Crippen molar-refractivity contribution in [2.45, 2.75) is 45.3 Å². The van der Waals surface area contributed by atoms with E-state index in [0.717, 1.165) is 16.8 Å². The van der Waals surface area contributed by atoms with Crippen molar-refractivity contribution in [2.24, 2.45) is 0 Å². The number of carbonyl (C=O) groups is 2. The van der Waals surface area contributed by atoms with Crippen LogP contribution in [0, 0.1) is 0 Å². The molecule has 0 saturated carbocycles. The van der Waals surface area contributed by atoms with E-state index in [2.05, 4.69) is 20.9 Å². The molecule has 1 aliphatic carbocycles. The summed E-state index contributed by atoms with van der Waals surface area (Å²) in [6.45, 7) is 3.40. The van der Waals surface area contributed by atoms with E-state index in [9.17, 15) is 14.4 Å². The number of hydrogen-bond acceptors (Lipinski definition) is 8. The predicted octanol–water partition coefficient (Wildman–Crippen LogP) is 3.37. The van der Waals surface area contributed by atoms with Crippen molar-refractivity contribution in [2.75, 3.05) is 26.6 Å². The first-order valence-electron chi connectivity index (χ1n) is 13.0. The van der Waals surface area contributed by atoms with Crippen LogP contribution in [0.4, 0.5) is 5.69 Å². The third kappa shape index (κ3) is 6.01. The quantitative estimate of drug-likeness (QED) is 0.373. The fraction of sp³-hybridized carbons (Fsp3) is 0.333. The van der Waals surface area contributed by atoms with Gasteiger partial charge < -0.3 is 30.2 Å². The summed E-state index contributed by atoms with van der Waals surface area (Å²) in [7, 11) is 4.64. The minimum atomic E-state index is -0.698. The third-order valence-corrected chi connectivity index (χ3v) is 6.85. The molecule has 0 saturated heterocycles. The van der Waals surface area contributed by atoms with Crippen molar-refractivity contribution < 1.29 is 23.8 Å². The van der Waals surface area contributed by atoms with Gasteiger partial charge in [0.1, 0.15) is 6.04 Å². The molecule has 1 aliphatic rings. The fourth-order valence-corrected chi connectivity index (χ4v) is 4.96. The molecule has 2 unspecified atom stereocenters. The number of rotatable bonds is 9. The van der Waals surface area contributed by atoms with E-state index in [0.29, 0.717) is 41.2 Å². The monoisotopic (exact) mass is 546 g/mol. The van der Waals surface area contributed by atoms with Gasteiger partial charge in [0.15, 0.2) is 11.5 Å². The summed E-state index contributed by atoms with van der Waals surface area (Å²) in [5, 5.41) is 8.87. The van der Waals surface area contributed by atoms with Crippen LogP contribution >= 0.6 is 0 Å². The van der Waals surface area contributed by atoms with E-state index in [1.165, 1.54) is 20.1 Å². The van der Waals surface area contributed by atoms with Gasteiger partial charge in [0.05, 0.1) is 45.3 Å². The van der Waals surface area contributed by atoms with Crippen LogP contribution in [0.25, 0.3) is 11.1 Å². The van der Waals surface area contributed by atoms with E-state index < -0.39 is 12.1 Å². The summed E-state index contributed by atoms with van der Waals surface area (Å²) in [6.07, 6.45) is 2.81. The van der Waals surface area contributed by atoms with Gasteiger partial charge >= 0.3 is 0 Å². The van der Waals surface area contributed by atoms with Crippen molar-refractivity contribution in [1.29, 1.82) is 0 Å². The maximum atomic E-state index is 13.5. The maximum Gasteiger partial charge on any atom is 0.242 e. The van der Waals surface area contributed by atoms with Gasteiger partial charge in [0, 0.05) is 18.7 Å². The molecule has 0 bridgehead atoms. The van der Waals surface area contributed by atoms with Crippen molar-refractivity contribution >= 4 is 17.5 Å². The topological polar surface area (TPSA) is 128 Å². The molecule has 2 amide bonds. The lowest BCUT2D eigenvalue weighted by atomic mass is 9.95. The number of methoxy groups -OCH3 is 3. The minimum absolute atomic E-state index is 0.209. The van der Waals surface area contributed by atoms with Crippen LogP contribution in [0.15, 0.2) is 53.5 Å². The number of aryl methyl sites for hydroxylation is 1. The number of benzene rings is 1. The molecule has 0 aliphatic heterocycles. The molecular weight excluding hydrogens is 512 g/mol. The average Bonchev–Trinajstić information content (AvgIpc) is 3.19. The highest BCUT2D eigenvalue weighted by Gasteiger charge is 2.29. The normalized spacial score (nSPS) is 14.5. The summed E-state index contributed by atoms with van der Waals surface area (Å²) in [5.41, 5.74) is 3.70. The molecule has 4 rings (SSSR count). The fourth-order valence-electron chi connectivity index (χ4n) is 4.96. The van der Waals surface area contributed by atoms with E-state index in [1.54, 1.807) is 39.5 Å². The summed E-state index contributed by atoms with van der Waals surface area (Å²) < 4.78 is 17.0. The van der Waals surface area contributed by atoms with Gasteiger partial charge in [0.2, 0.25) is 23.0 Å². The molecule has 0 spiro atoms. The van der Waals surface area contributed by atoms with E-state index in [1.807, 2.05) is 24.3 Å². The number of aromatic nitrogens is 1. The Morgan fingerprint density at radius 1 is 1.05 bits per heavy atom. The Hall–Kier alpha value is -4.60. The van der Waals surface area contributed by atoms with E-state index in [4.69, 9.17) is 14.2 Å². The molecule has 10 nitrogen and oxygen atoms in total. The van der Waals surface area contributed by atoms with Crippen molar-refractivity contribution in [3.05, 3.63) is 75.7 Å². The molecule has 40 heavy (non-hydrogen) atoms. The summed E-state index contributed by atoms with van der Waals surface area (Å²) in [6, 6.07) is 11.2. The highest BCUT2D eigenvalue weighted by Crippen LogP contribution is 2.50. The average molecular weight is 547 g/mol. The Balaban J connectivity index is 1.76. The van der Waals surface area contributed by atoms with Crippen LogP contribution in [0.3, 0.4) is 0 Å². The van der Waals surface area contributed by atoms with Gasteiger partial charge in [-0.25, -0.2) is 0 Å². The maximum absolute atomic E-state index is 13.5. The molecule has 2 atom stereocenters. The number of hydrogen-bond donors (Lipinski definition) is 3. The van der Waals surface area contributed by atoms with E-state index in [-0.39, 0.29) is 29.5 Å². The van der Waals surface area contributed by atoms with Crippen LogP contribution in [0.2, 0.25) is 0 Å². The molecule has 210 valence electrons. The molecule has 0 radical (unpaired) electrons. The van der Waals surface area contributed by atoms with Crippen LogP contribution < -0.4 is 35.6 Å². The van der Waals surface area contributed by atoms with Crippen LogP contribution in [-0.4, -0.2) is 44.2 Å². The highest BCUT2D eigenvalue weighted by molar-refractivity contribution is 5.85. The second kappa shape index (κ2) is 12.5. The van der Waals surface area contributed by atoms with Crippen LogP contribution in [-0.2, 0) is 22.6 Å². The zero-order valence-corrected chi connectivity index (χ0v) is 23.3. The van der Waals surface area contributed by atoms with Gasteiger partial charge in [-0.15, -0.1) is 0 Å². The van der Waals surface area contributed by atoms with Crippen molar-refractivity contribution in [1.82, 2.24) is 15.6 Å². The highest BCUT2D eigenvalue weighted by atomic mass is 16.5. The second-order valence-electron chi connectivity index (χ2n) is 9.50. The standard InChI is InChI=1S/C30H34N4O6/c1-17(30(37)32-16-20-8-6-7-13-31-20)33-24-12-10-21-22(15-25(24)36)23(34-18(2)35)11-9-19-14-26(38-3)28(39-4)29(40-5)27(19)21/h6-8,10,12-15,17,23H,9,11,16H2,1-5H3,(H,32,37)(H,33,36)(H,34,35). The number of carbonyl (C=O) groups excluding carboxylic acids is 2. The third-order valence-electron chi connectivity index (χ3n) is 6.85. The lowest BCUT2D eigenvalue weighted by Gasteiger charge is -2.19. The Morgan fingerprint density at radius 2 is 1.82 bits per heavy atom. The van der Waals surface area contributed by atoms with Gasteiger partial charge in [0.25, 0.3) is 0 Å². The molecule has 2 aromatic carbocycles. The number of fused-ring (bicyclic) bond motifs is 3. The first kappa shape index (κ1) is 28.4. The van der Waals surface area contributed by atoms with Crippen LogP contribution in [0.1, 0.15) is 43.1 Å². The largest absolute Gasteiger partial charge is 0.493 e. The molecular formula is C30H34N4O6. The van der Waals surface area contributed by atoms with Crippen LogP contribution in [0.5, 0.6) is 17.2 Å². The van der Waals surface area contributed by atoms with Gasteiger partial charge in [-0.2, -0.15) is 0 Å². The molecule has 3 N–H and O–H groups in total. The number of ether oxygens (including phenoxy) is 3. The Labute approximate surface area is 233 Å². The summed E-state index contributed by atoms with van der Waals surface area (Å²) in [5.74, 6) is 0.933. The summed E-state index contributed by atoms with van der Waals surface area (Å²) in [4.78, 5) is 42.6. The first-order chi connectivity index (χ1) is 19.3. The number of amides is 2. The Morgan fingerprint density at radius 3 is 2.48 bits per heavy atom. The molecule has 3 aromatic rings. The van der Waals surface area contributed by atoms with Gasteiger partial charge in [-0.05, 0) is 66.8 Å². The lowest BCUT2D eigenvalue weighted by Crippen LogP contribution is -2.38. The number of nitrogens with one attached hydrogen (secondary N) is 3. The van der Waals surface area contributed by atoms with Gasteiger partial charge in [-0.3, -0.25) is 19.4 Å². The predicted molar refractivity (Wildman–Crippen MR) is 152 cm³/mol. The number of pyridine rings is 1. The van der Waals surface area contributed by atoms with E-state index >= 15 is 0 Å².